The van der Waals surface area contributed by atoms with E-state index in [9.17, 15) is 13.2 Å². The third-order valence-electron chi connectivity index (χ3n) is 3.18. The van der Waals surface area contributed by atoms with Crippen molar-refractivity contribution >= 4 is 16.0 Å². The molecule has 0 atom stereocenters. The summed E-state index contributed by atoms with van der Waals surface area (Å²) in [6.07, 6.45) is 0. The van der Waals surface area contributed by atoms with Crippen LogP contribution in [0.2, 0.25) is 0 Å². The van der Waals surface area contributed by atoms with E-state index >= 15 is 0 Å². The van der Waals surface area contributed by atoms with Gasteiger partial charge < -0.3 is 9.84 Å². The molecule has 0 fully saturated rings. The largest absolute Gasteiger partial charge is 0.489 e. The van der Waals surface area contributed by atoms with Crippen molar-refractivity contribution < 1.29 is 23.1 Å². The zero-order chi connectivity index (χ0) is 17.0. The highest BCUT2D eigenvalue weighted by Gasteiger charge is 2.17. The van der Waals surface area contributed by atoms with E-state index in [1.54, 1.807) is 30.3 Å². The van der Waals surface area contributed by atoms with Crippen molar-refractivity contribution in [3.8, 4) is 5.75 Å². The molecule has 0 heterocycles. The SMILES string of the molecule is CN(C)S(=O)(=O)c1cccc(COc2ccc(C(=O)O)cc2)c1. The van der Waals surface area contributed by atoms with E-state index < -0.39 is 16.0 Å². The maximum Gasteiger partial charge on any atom is 0.335 e. The molecule has 2 aromatic rings. The van der Waals surface area contributed by atoms with Gasteiger partial charge in [0.1, 0.15) is 12.4 Å². The quantitative estimate of drug-likeness (QED) is 0.875. The molecule has 0 aliphatic carbocycles. The average molecular weight is 335 g/mol. The van der Waals surface area contributed by atoms with E-state index in [0.717, 1.165) is 4.31 Å². The third kappa shape index (κ3) is 4.08. The summed E-state index contributed by atoms with van der Waals surface area (Å²) in [5.41, 5.74) is 0.881. The van der Waals surface area contributed by atoms with Crippen LogP contribution >= 0.6 is 0 Å². The van der Waals surface area contributed by atoms with Crippen LogP contribution < -0.4 is 4.74 Å². The highest BCUT2D eigenvalue weighted by atomic mass is 32.2. The monoisotopic (exact) mass is 335 g/mol. The second-order valence-corrected chi connectivity index (χ2v) is 7.20. The molecule has 0 aliphatic heterocycles. The number of carboxylic acid groups (broad SMARTS) is 1. The lowest BCUT2D eigenvalue weighted by Gasteiger charge is -2.12. The lowest BCUT2D eigenvalue weighted by Crippen LogP contribution is -2.22. The molecule has 0 aromatic heterocycles. The minimum Gasteiger partial charge on any atom is -0.489 e. The molecule has 0 saturated heterocycles. The topological polar surface area (TPSA) is 83.9 Å². The van der Waals surface area contributed by atoms with Gasteiger partial charge in [-0.1, -0.05) is 12.1 Å². The van der Waals surface area contributed by atoms with E-state index in [1.165, 1.54) is 32.3 Å². The van der Waals surface area contributed by atoms with Gasteiger partial charge in [0.2, 0.25) is 10.0 Å². The number of hydrogen-bond donors (Lipinski definition) is 1. The van der Waals surface area contributed by atoms with Gasteiger partial charge in [-0.2, -0.15) is 0 Å². The van der Waals surface area contributed by atoms with Crippen molar-refractivity contribution in [2.24, 2.45) is 0 Å². The van der Waals surface area contributed by atoms with Crippen LogP contribution in [0.15, 0.2) is 53.4 Å². The van der Waals surface area contributed by atoms with E-state index in [0.29, 0.717) is 11.3 Å². The van der Waals surface area contributed by atoms with Crippen LogP contribution in [-0.2, 0) is 16.6 Å². The molecule has 7 heteroatoms. The van der Waals surface area contributed by atoms with Crippen molar-refractivity contribution in [2.75, 3.05) is 14.1 Å². The Morgan fingerprint density at radius 3 is 2.35 bits per heavy atom. The summed E-state index contributed by atoms with van der Waals surface area (Å²) in [4.78, 5) is 11.0. The van der Waals surface area contributed by atoms with Gasteiger partial charge in [0.05, 0.1) is 10.5 Å². The Morgan fingerprint density at radius 2 is 1.78 bits per heavy atom. The third-order valence-corrected chi connectivity index (χ3v) is 4.99. The van der Waals surface area contributed by atoms with Gasteiger partial charge in [-0.3, -0.25) is 0 Å². The number of rotatable bonds is 6. The van der Waals surface area contributed by atoms with E-state index in [1.807, 2.05) is 0 Å². The van der Waals surface area contributed by atoms with Gasteiger partial charge in [0, 0.05) is 14.1 Å². The first-order valence-corrected chi connectivity index (χ1v) is 8.22. The Bertz CT molecular complexity index is 797. The van der Waals surface area contributed by atoms with Gasteiger partial charge in [-0.25, -0.2) is 17.5 Å². The lowest BCUT2D eigenvalue weighted by atomic mass is 10.2. The first kappa shape index (κ1) is 17.0. The van der Waals surface area contributed by atoms with Crippen LogP contribution in [0.1, 0.15) is 15.9 Å². The number of carbonyl (C=O) groups is 1. The number of benzene rings is 2. The molecule has 0 spiro atoms. The second-order valence-electron chi connectivity index (χ2n) is 5.05. The molecule has 6 nitrogen and oxygen atoms in total. The number of hydrogen-bond acceptors (Lipinski definition) is 4. The van der Waals surface area contributed by atoms with Gasteiger partial charge in [-0.15, -0.1) is 0 Å². The van der Waals surface area contributed by atoms with Crippen molar-refractivity contribution in [1.29, 1.82) is 0 Å². The number of sulfonamides is 1. The minimum absolute atomic E-state index is 0.177. The molecule has 0 radical (unpaired) electrons. The molecular formula is C16H17NO5S. The van der Waals surface area contributed by atoms with Gasteiger partial charge >= 0.3 is 5.97 Å². The molecule has 0 amide bonds. The molecule has 0 unspecified atom stereocenters. The molecule has 23 heavy (non-hydrogen) atoms. The lowest BCUT2D eigenvalue weighted by molar-refractivity contribution is 0.0697. The van der Waals surface area contributed by atoms with Crippen molar-refractivity contribution in [2.45, 2.75) is 11.5 Å². The van der Waals surface area contributed by atoms with Gasteiger partial charge in [0.15, 0.2) is 0 Å². The molecule has 2 aromatic carbocycles. The molecule has 0 aliphatic rings. The van der Waals surface area contributed by atoms with Crippen LogP contribution in [0.3, 0.4) is 0 Å². The maximum absolute atomic E-state index is 12.1. The number of aromatic carboxylic acids is 1. The van der Waals surface area contributed by atoms with E-state index in [-0.39, 0.29) is 17.1 Å². The first-order chi connectivity index (χ1) is 10.8. The molecule has 2 rings (SSSR count). The molecule has 122 valence electrons. The Hall–Kier alpha value is -2.38. The smallest absolute Gasteiger partial charge is 0.335 e. The summed E-state index contributed by atoms with van der Waals surface area (Å²) in [6.45, 7) is 0.184. The highest BCUT2D eigenvalue weighted by molar-refractivity contribution is 7.89. The predicted octanol–water partition coefficient (Wildman–Crippen LogP) is 2.21. The minimum atomic E-state index is -3.48. The maximum atomic E-state index is 12.1. The van der Waals surface area contributed by atoms with Crippen LogP contribution in [0.25, 0.3) is 0 Å². The Morgan fingerprint density at radius 1 is 1.13 bits per heavy atom. The molecule has 1 N–H and O–H groups in total. The van der Waals surface area contributed by atoms with E-state index in [2.05, 4.69) is 0 Å². The van der Waals surface area contributed by atoms with Crippen molar-refractivity contribution in [3.63, 3.8) is 0 Å². The average Bonchev–Trinajstić information content (AvgIpc) is 2.53. The fraction of sp³-hybridized carbons (Fsp3) is 0.188. The number of ether oxygens (including phenoxy) is 1. The zero-order valence-electron chi connectivity index (χ0n) is 12.8. The summed E-state index contributed by atoms with van der Waals surface area (Å²) in [7, 11) is -0.536. The predicted molar refractivity (Wildman–Crippen MR) is 85.0 cm³/mol. The Labute approximate surface area is 135 Å². The Kier molecular flexibility index (Phi) is 5.02. The fourth-order valence-corrected chi connectivity index (χ4v) is 2.84. The highest BCUT2D eigenvalue weighted by Crippen LogP contribution is 2.18. The van der Waals surface area contributed by atoms with Crippen LogP contribution in [0.5, 0.6) is 5.75 Å². The van der Waals surface area contributed by atoms with Gasteiger partial charge in [0.25, 0.3) is 0 Å². The summed E-state index contributed by atoms with van der Waals surface area (Å²) >= 11 is 0. The summed E-state index contributed by atoms with van der Waals surface area (Å²) in [6, 6.07) is 12.5. The van der Waals surface area contributed by atoms with Crippen LogP contribution in [0, 0.1) is 0 Å². The number of carboxylic acids is 1. The summed E-state index contributed by atoms with van der Waals surface area (Å²) in [5, 5.41) is 8.83. The summed E-state index contributed by atoms with van der Waals surface area (Å²) < 4.78 is 30.9. The van der Waals surface area contributed by atoms with Crippen molar-refractivity contribution in [1.82, 2.24) is 4.31 Å². The molecule has 0 saturated carbocycles. The van der Waals surface area contributed by atoms with Gasteiger partial charge in [-0.05, 0) is 42.0 Å². The summed E-state index contributed by atoms with van der Waals surface area (Å²) in [5.74, 6) is -0.492. The molecule has 0 bridgehead atoms. The first-order valence-electron chi connectivity index (χ1n) is 6.78. The van der Waals surface area contributed by atoms with Crippen LogP contribution in [-0.4, -0.2) is 37.9 Å². The van der Waals surface area contributed by atoms with Crippen molar-refractivity contribution in [3.05, 3.63) is 59.7 Å². The second kappa shape index (κ2) is 6.80. The zero-order valence-corrected chi connectivity index (χ0v) is 13.6. The van der Waals surface area contributed by atoms with E-state index in [4.69, 9.17) is 9.84 Å². The van der Waals surface area contributed by atoms with Crippen LogP contribution in [0.4, 0.5) is 0 Å². The fourth-order valence-electron chi connectivity index (χ4n) is 1.87. The Balaban J connectivity index is 2.11. The standard InChI is InChI=1S/C16H17NO5S/c1-17(2)23(20,21)15-5-3-4-12(10-15)11-22-14-8-6-13(7-9-14)16(18)19/h3-10H,11H2,1-2H3,(H,18,19). The number of nitrogens with zero attached hydrogens (tertiary/aromatic N) is 1. The normalized spacial score (nSPS) is 11.4. The molecular weight excluding hydrogens is 318 g/mol.